The molecule has 11 heteroatoms. The van der Waals surface area contributed by atoms with Crippen LogP contribution in [-0.4, -0.2) is 32.2 Å². The van der Waals surface area contributed by atoms with Gasteiger partial charge < -0.3 is 10.4 Å². The summed E-state index contributed by atoms with van der Waals surface area (Å²) in [6, 6.07) is 14.6. The minimum absolute atomic E-state index is 0.0173. The maximum absolute atomic E-state index is 13.2. The summed E-state index contributed by atoms with van der Waals surface area (Å²) in [6.45, 7) is 0. The zero-order valence-electron chi connectivity index (χ0n) is 19.4. The van der Waals surface area contributed by atoms with Gasteiger partial charge in [-0.2, -0.15) is 0 Å². The number of benzene rings is 3. The summed E-state index contributed by atoms with van der Waals surface area (Å²) < 4.78 is 2.42. The van der Waals surface area contributed by atoms with Crippen molar-refractivity contribution in [2.75, 3.05) is 0 Å². The van der Waals surface area contributed by atoms with Crippen LogP contribution in [0.5, 0.6) is 0 Å². The Morgan fingerprint density at radius 1 is 0.973 bits per heavy atom. The predicted molar refractivity (Wildman–Crippen MR) is 143 cm³/mol. The standard InChI is InChI=1S/C26H20Cl3N3O5/c1-31-21-10-7-15(13-27)11-17(21)24(34)32(26(31)37)16-8-5-14(6-9-16)12-20(25(35)36)30-23(33)22-18(28)3-2-4-19(22)29/h2-11,20H,12-13H2,1H3,(H,30,33)(H,35,36). The summed E-state index contributed by atoms with van der Waals surface area (Å²) in [6.07, 6.45) is -0.0624. The molecule has 1 heterocycles. The number of carboxylic acid groups (broad SMARTS) is 1. The van der Waals surface area contributed by atoms with Crippen molar-refractivity contribution in [3.05, 3.63) is 108 Å². The van der Waals surface area contributed by atoms with Gasteiger partial charge in [-0.25, -0.2) is 14.2 Å². The molecule has 0 fully saturated rings. The van der Waals surface area contributed by atoms with Crippen molar-refractivity contribution in [1.29, 1.82) is 0 Å². The molecule has 0 saturated carbocycles. The number of nitrogens with one attached hydrogen (secondary N) is 1. The molecule has 1 unspecified atom stereocenters. The van der Waals surface area contributed by atoms with Crippen LogP contribution < -0.4 is 16.6 Å². The van der Waals surface area contributed by atoms with Crippen LogP contribution in [0.15, 0.2) is 70.3 Å². The summed E-state index contributed by atoms with van der Waals surface area (Å²) in [5, 5.41) is 12.6. The van der Waals surface area contributed by atoms with Gasteiger partial charge in [0.2, 0.25) is 0 Å². The highest BCUT2D eigenvalue weighted by atomic mass is 35.5. The fourth-order valence-electron chi connectivity index (χ4n) is 3.98. The topological polar surface area (TPSA) is 110 Å². The maximum atomic E-state index is 13.2. The second-order valence-corrected chi connectivity index (χ2v) is 9.38. The molecule has 1 aromatic heterocycles. The van der Waals surface area contributed by atoms with E-state index in [1.807, 2.05) is 0 Å². The smallest absolute Gasteiger partial charge is 0.335 e. The summed E-state index contributed by atoms with van der Waals surface area (Å²) in [5.74, 6) is -1.76. The van der Waals surface area contributed by atoms with Crippen LogP contribution in [0.4, 0.5) is 0 Å². The Morgan fingerprint density at radius 2 is 1.59 bits per heavy atom. The van der Waals surface area contributed by atoms with E-state index in [0.717, 1.165) is 10.1 Å². The highest BCUT2D eigenvalue weighted by Gasteiger charge is 2.24. The number of hydrogen-bond acceptors (Lipinski definition) is 4. The van der Waals surface area contributed by atoms with E-state index < -0.39 is 29.2 Å². The Balaban J connectivity index is 1.63. The molecule has 3 aromatic carbocycles. The number of aromatic nitrogens is 2. The maximum Gasteiger partial charge on any atom is 0.335 e. The van der Waals surface area contributed by atoms with Gasteiger partial charge in [0.25, 0.3) is 11.5 Å². The SMILES string of the molecule is Cn1c(=O)n(-c2ccc(CC(NC(=O)c3c(Cl)cccc3Cl)C(=O)O)cc2)c(=O)c2cc(CCl)ccc21. The molecule has 4 rings (SSSR count). The van der Waals surface area contributed by atoms with Crippen molar-refractivity contribution in [3.8, 4) is 5.69 Å². The number of amides is 1. The molecule has 0 aliphatic rings. The first-order chi connectivity index (χ1) is 17.6. The molecule has 0 radical (unpaired) electrons. The van der Waals surface area contributed by atoms with Crippen LogP contribution in [0.2, 0.25) is 10.0 Å². The number of alkyl halides is 1. The van der Waals surface area contributed by atoms with Gasteiger partial charge in [0.1, 0.15) is 6.04 Å². The Hall–Kier alpha value is -3.59. The largest absolute Gasteiger partial charge is 0.480 e. The van der Waals surface area contributed by atoms with E-state index in [1.165, 1.54) is 16.7 Å². The van der Waals surface area contributed by atoms with Gasteiger partial charge in [-0.1, -0.05) is 47.5 Å². The monoisotopic (exact) mass is 559 g/mol. The molecule has 4 aromatic rings. The molecule has 1 atom stereocenters. The molecule has 0 aliphatic carbocycles. The number of rotatable bonds is 7. The third-order valence-corrected chi connectivity index (χ3v) is 6.85. The molecular weight excluding hydrogens is 541 g/mol. The van der Waals surface area contributed by atoms with Crippen molar-refractivity contribution < 1.29 is 14.7 Å². The molecule has 1 amide bonds. The number of halogens is 3. The van der Waals surface area contributed by atoms with Crippen LogP contribution in [-0.2, 0) is 24.1 Å². The van der Waals surface area contributed by atoms with Gasteiger partial charge >= 0.3 is 11.7 Å². The molecule has 0 bridgehead atoms. The van der Waals surface area contributed by atoms with E-state index in [1.54, 1.807) is 55.6 Å². The second kappa shape index (κ2) is 10.8. The van der Waals surface area contributed by atoms with Crippen molar-refractivity contribution in [2.45, 2.75) is 18.3 Å². The molecule has 0 spiro atoms. The third-order valence-electron chi connectivity index (χ3n) is 5.92. The minimum atomic E-state index is -1.28. The fraction of sp³-hybridized carbons (Fsp3) is 0.154. The zero-order valence-corrected chi connectivity index (χ0v) is 21.6. The molecule has 190 valence electrons. The van der Waals surface area contributed by atoms with E-state index in [9.17, 15) is 24.3 Å². The molecular formula is C26H20Cl3N3O5. The van der Waals surface area contributed by atoms with Crippen molar-refractivity contribution in [2.24, 2.45) is 7.05 Å². The van der Waals surface area contributed by atoms with E-state index in [0.29, 0.717) is 22.2 Å². The number of carbonyl (C=O) groups is 2. The van der Waals surface area contributed by atoms with Gasteiger partial charge in [-0.15, -0.1) is 11.6 Å². The molecule has 8 nitrogen and oxygen atoms in total. The van der Waals surface area contributed by atoms with Crippen LogP contribution in [0.25, 0.3) is 16.6 Å². The molecule has 0 aliphatic heterocycles. The lowest BCUT2D eigenvalue weighted by atomic mass is 10.0. The summed E-state index contributed by atoms with van der Waals surface area (Å²) in [5.41, 5.74) is 1.04. The molecule has 37 heavy (non-hydrogen) atoms. The third kappa shape index (κ3) is 5.27. The van der Waals surface area contributed by atoms with E-state index >= 15 is 0 Å². The Labute approximate surface area is 225 Å². The quantitative estimate of drug-likeness (QED) is 0.330. The Kier molecular flexibility index (Phi) is 7.73. The Bertz CT molecular complexity index is 1620. The van der Waals surface area contributed by atoms with Gasteiger partial charge in [0.05, 0.1) is 32.2 Å². The summed E-state index contributed by atoms with van der Waals surface area (Å²) in [4.78, 5) is 50.7. The summed E-state index contributed by atoms with van der Waals surface area (Å²) >= 11 is 18.0. The fourth-order valence-corrected chi connectivity index (χ4v) is 4.72. The van der Waals surface area contributed by atoms with E-state index in [2.05, 4.69) is 5.32 Å². The van der Waals surface area contributed by atoms with Crippen LogP contribution in [0.1, 0.15) is 21.5 Å². The summed E-state index contributed by atoms with van der Waals surface area (Å²) in [7, 11) is 1.57. The normalized spacial score (nSPS) is 11.9. The lowest BCUT2D eigenvalue weighted by Crippen LogP contribution is -2.42. The number of aryl methyl sites for hydroxylation is 1. The lowest BCUT2D eigenvalue weighted by Gasteiger charge is -2.16. The number of fused-ring (bicyclic) bond motifs is 1. The number of nitrogens with zero attached hydrogens (tertiary/aromatic N) is 2. The lowest BCUT2D eigenvalue weighted by molar-refractivity contribution is -0.139. The average molecular weight is 561 g/mol. The second-order valence-electron chi connectivity index (χ2n) is 8.30. The number of carboxylic acids is 1. The van der Waals surface area contributed by atoms with Gasteiger partial charge in [-0.05, 0) is 47.5 Å². The van der Waals surface area contributed by atoms with Gasteiger partial charge in [0, 0.05) is 19.3 Å². The highest BCUT2D eigenvalue weighted by Crippen LogP contribution is 2.24. The first kappa shape index (κ1) is 26.5. The molecule has 2 N–H and O–H groups in total. The van der Waals surface area contributed by atoms with E-state index in [4.69, 9.17) is 34.8 Å². The van der Waals surface area contributed by atoms with Crippen molar-refractivity contribution in [3.63, 3.8) is 0 Å². The van der Waals surface area contributed by atoms with Crippen LogP contribution in [0, 0.1) is 0 Å². The van der Waals surface area contributed by atoms with Crippen molar-refractivity contribution >= 4 is 57.6 Å². The number of carbonyl (C=O) groups excluding carboxylic acids is 1. The van der Waals surface area contributed by atoms with Crippen LogP contribution >= 0.6 is 34.8 Å². The van der Waals surface area contributed by atoms with Crippen LogP contribution in [0.3, 0.4) is 0 Å². The number of aliphatic carboxylic acids is 1. The van der Waals surface area contributed by atoms with Crippen molar-refractivity contribution in [1.82, 2.24) is 14.5 Å². The minimum Gasteiger partial charge on any atom is -0.480 e. The molecule has 0 saturated heterocycles. The first-order valence-corrected chi connectivity index (χ1v) is 12.3. The van der Waals surface area contributed by atoms with E-state index in [-0.39, 0.29) is 27.9 Å². The highest BCUT2D eigenvalue weighted by molar-refractivity contribution is 6.39. The first-order valence-electron chi connectivity index (χ1n) is 11.0. The predicted octanol–water partition coefficient (Wildman–Crippen LogP) is 4.16. The van der Waals surface area contributed by atoms with Gasteiger partial charge in [0.15, 0.2) is 0 Å². The average Bonchev–Trinajstić information content (AvgIpc) is 2.87. The zero-order chi connectivity index (χ0) is 26.9. The number of hydrogen-bond donors (Lipinski definition) is 2. The Morgan fingerprint density at radius 3 is 2.19 bits per heavy atom. The van der Waals surface area contributed by atoms with Gasteiger partial charge in [-0.3, -0.25) is 14.2 Å².